The van der Waals surface area contributed by atoms with Crippen LogP contribution < -0.4 is 10.6 Å². The summed E-state index contributed by atoms with van der Waals surface area (Å²) in [5.74, 6) is -1.27. The van der Waals surface area contributed by atoms with Crippen molar-refractivity contribution < 1.29 is 23.9 Å². The number of aromatic nitrogens is 1. The first-order valence-corrected chi connectivity index (χ1v) is 11.0. The third-order valence-corrected chi connectivity index (χ3v) is 5.35. The van der Waals surface area contributed by atoms with Gasteiger partial charge in [-0.1, -0.05) is 42.5 Å². The van der Waals surface area contributed by atoms with Crippen LogP contribution >= 0.6 is 0 Å². The van der Waals surface area contributed by atoms with E-state index in [0.717, 1.165) is 5.56 Å². The van der Waals surface area contributed by atoms with Crippen LogP contribution in [-0.4, -0.2) is 49.6 Å². The fourth-order valence-corrected chi connectivity index (χ4v) is 3.61. The minimum Gasteiger partial charge on any atom is -0.460 e. The number of H-pyrrole nitrogens is 1. The number of rotatable bonds is 10. The molecule has 0 saturated carbocycles. The van der Waals surface area contributed by atoms with Crippen molar-refractivity contribution in [2.45, 2.75) is 20.3 Å². The Kier molecular flexibility index (Phi) is 8.59. The van der Waals surface area contributed by atoms with Crippen LogP contribution in [0.5, 0.6) is 0 Å². The summed E-state index contributed by atoms with van der Waals surface area (Å²) in [6, 6.07) is 16.6. The molecule has 1 heterocycles. The number of methoxy groups -OCH3 is 1. The fraction of sp³-hybridized carbons (Fsp3) is 0.269. The number of carbonyl (C=O) groups excluding carboxylic acids is 3. The number of aryl methyl sites for hydroxylation is 1. The van der Waals surface area contributed by atoms with E-state index in [9.17, 15) is 14.4 Å². The molecule has 1 aromatic heterocycles. The highest BCUT2D eigenvalue weighted by Gasteiger charge is 2.24. The molecule has 2 aromatic carbocycles. The maximum atomic E-state index is 13.0. The highest BCUT2D eigenvalue weighted by molar-refractivity contribution is 6.10. The van der Waals surface area contributed by atoms with Gasteiger partial charge in [0.05, 0.1) is 23.4 Å². The SMILES string of the molecule is COCCOC(=O)c1c(C)[nH]c(C(=O)Nc2ccccc2C(=O)NCCc2ccccc2)c1C. The second-order valence-electron chi connectivity index (χ2n) is 7.74. The van der Waals surface area contributed by atoms with Crippen molar-refractivity contribution in [2.24, 2.45) is 0 Å². The molecule has 178 valence electrons. The van der Waals surface area contributed by atoms with Crippen molar-refractivity contribution in [3.8, 4) is 0 Å². The molecule has 2 amide bonds. The first kappa shape index (κ1) is 24.7. The second kappa shape index (κ2) is 11.8. The average molecular weight is 464 g/mol. The van der Waals surface area contributed by atoms with Crippen LogP contribution in [0.1, 0.15) is 48.0 Å². The maximum absolute atomic E-state index is 13.0. The Bertz CT molecular complexity index is 1150. The number of benzene rings is 2. The number of nitrogens with one attached hydrogen (secondary N) is 3. The molecule has 0 spiro atoms. The summed E-state index contributed by atoms with van der Waals surface area (Å²) in [7, 11) is 1.52. The summed E-state index contributed by atoms with van der Waals surface area (Å²) in [6.45, 7) is 4.24. The molecule has 0 aliphatic carbocycles. The van der Waals surface area contributed by atoms with Gasteiger partial charge < -0.3 is 25.1 Å². The Labute approximate surface area is 198 Å². The van der Waals surface area contributed by atoms with Crippen molar-refractivity contribution in [1.82, 2.24) is 10.3 Å². The van der Waals surface area contributed by atoms with Crippen LogP contribution in [0.2, 0.25) is 0 Å². The van der Waals surface area contributed by atoms with Gasteiger partial charge in [0.2, 0.25) is 0 Å². The number of aromatic amines is 1. The summed E-state index contributed by atoms with van der Waals surface area (Å²) in [6.07, 6.45) is 0.700. The lowest BCUT2D eigenvalue weighted by molar-refractivity contribution is 0.0386. The van der Waals surface area contributed by atoms with E-state index in [0.29, 0.717) is 41.0 Å². The lowest BCUT2D eigenvalue weighted by Crippen LogP contribution is -2.27. The van der Waals surface area contributed by atoms with E-state index in [-0.39, 0.29) is 24.8 Å². The number of ether oxygens (including phenoxy) is 2. The molecule has 34 heavy (non-hydrogen) atoms. The van der Waals surface area contributed by atoms with Crippen molar-refractivity contribution in [3.63, 3.8) is 0 Å². The third kappa shape index (κ3) is 6.11. The van der Waals surface area contributed by atoms with Crippen molar-refractivity contribution >= 4 is 23.5 Å². The Hall–Kier alpha value is -3.91. The quantitative estimate of drug-likeness (QED) is 0.314. The van der Waals surface area contributed by atoms with E-state index in [1.54, 1.807) is 38.1 Å². The zero-order valence-corrected chi connectivity index (χ0v) is 19.6. The molecule has 3 aromatic rings. The lowest BCUT2D eigenvalue weighted by atomic mass is 10.1. The molecule has 0 radical (unpaired) electrons. The fourth-order valence-electron chi connectivity index (χ4n) is 3.61. The van der Waals surface area contributed by atoms with Gasteiger partial charge in [-0.25, -0.2) is 4.79 Å². The summed E-state index contributed by atoms with van der Waals surface area (Å²) >= 11 is 0. The Balaban J connectivity index is 1.69. The van der Waals surface area contributed by atoms with Crippen LogP contribution in [0.25, 0.3) is 0 Å². The molecule has 0 fully saturated rings. The van der Waals surface area contributed by atoms with Gasteiger partial charge in [-0.2, -0.15) is 0 Å². The van der Waals surface area contributed by atoms with E-state index >= 15 is 0 Å². The zero-order chi connectivity index (χ0) is 24.5. The molecule has 0 bridgehead atoms. The number of amides is 2. The molecule has 3 rings (SSSR count). The summed E-state index contributed by atoms with van der Waals surface area (Å²) < 4.78 is 10.1. The largest absolute Gasteiger partial charge is 0.460 e. The number of anilines is 1. The number of hydrogen-bond acceptors (Lipinski definition) is 5. The van der Waals surface area contributed by atoms with Crippen LogP contribution in [0.15, 0.2) is 54.6 Å². The van der Waals surface area contributed by atoms with Crippen LogP contribution in [-0.2, 0) is 15.9 Å². The molecule has 0 aliphatic rings. The first-order chi connectivity index (χ1) is 16.4. The Morgan fingerprint density at radius 3 is 2.35 bits per heavy atom. The van der Waals surface area contributed by atoms with Gasteiger partial charge in [0.1, 0.15) is 12.3 Å². The normalized spacial score (nSPS) is 10.6. The van der Waals surface area contributed by atoms with Crippen molar-refractivity contribution in [2.75, 3.05) is 32.2 Å². The molecule has 8 nitrogen and oxygen atoms in total. The predicted molar refractivity (Wildman–Crippen MR) is 129 cm³/mol. The molecule has 0 unspecified atom stereocenters. The lowest BCUT2D eigenvalue weighted by Gasteiger charge is -2.11. The van der Waals surface area contributed by atoms with E-state index < -0.39 is 11.9 Å². The number of carbonyl (C=O) groups is 3. The van der Waals surface area contributed by atoms with Gasteiger partial charge in [-0.05, 0) is 43.5 Å². The van der Waals surface area contributed by atoms with E-state index in [2.05, 4.69) is 15.6 Å². The van der Waals surface area contributed by atoms with Gasteiger partial charge in [-0.3, -0.25) is 9.59 Å². The predicted octanol–water partition coefficient (Wildman–Crippen LogP) is 3.66. The number of hydrogen-bond donors (Lipinski definition) is 3. The zero-order valence-electron chi connectivity index (χ0n) is 19.6. The van der Waals surface area contributed by atoms with E-state index in [4.69, 9.17) is 9.47 Å². The van der Waals surface area contributed by atoms with Crippen LogP contribution in [0.3, 0.4) is 0 Å². The molecule has 0 saturated heterocycles. The smallest absolute Gasteiger partial charge is 0.340 e. The minimum atomic E-state index is -0.527. The highest BCUT2D eigenvalue weighted by atomic mass is 16.6. The van der Waals surface area contributed by atoms with Gasteiger partial charge in [0.25, 0.3) is 11.8 Å². The number of esters is 1. The van der Waals surface area contributed by atoms with Gasteiger partial charge in [-0.15, -0.1) is 0 Å². The topological polar surface area (TPSA) is 110 Å². The molecular weight excluding hydrogens is 434 g/mol. The van der Waals surface area contributed by atoms with E-state index in [1.807, 2.05) is 30.3 Å². The minimum absolute atomic E-state index is 0.119. The Morgan fingerprint density at radius 2 is 1.62 bits per heavy atom. The molecule has 3 N–H and O–H groups in total. The monoisotopic (exact) mass is 463 g/mol. The average Bonchev–Trinajstić information content (AvgIpc) is 3.14. The van der Waals surface area contributed by atoms with Gasteiger partial charge in [0, 0.05) is 19.3 Å². The van der Waals surface area contributed by atoms with Crippen LogP contribution in [0, 0.1) is 13.8 Å². The van der Waals surface area contributed by atoms with E-state index in [1.165, 1.54) is 7.11 Å². The third-order valence-electron chi connectivity index (χ3n) is 5.35. The second-order valence-corrected chi connectivity index (χ2v) is 7.74. The van der Waals surface area contributed by atoms with Crippen molar-refractivity contribution in [1.29, 1.82) is 0 Å². The highest BCUT2D eigenvalue weighted by Crippen LogP contribution is 2.22. The molecular formula is C26H29N3O5. The molecule has 8 heteroatoms. The van der Waals surface area contributed by atoms with Gasteiger partial charge >= 0.3 is 5.97 Å². The van der Waals surface area contributed by atoms with Crippen LogP contribution in [0.4, 0.5) is 5.69 Å². The summed E-state index contributed by atoms with van der Waals surface area (Å²) in [5, 5.41) is 5.68. The summed E-state index contributed by atoms with van der Waals surface area (Å²) in [5.41, 5.74) is 3.39. The Morgan fingerprint density at radius 1 is 0.912 bits per heavy atom. The molecule has 0 aliphatic heterocycles. The van der Waals surface area contributed by atoms with Gasteiger partial charge in [0.15, 0.2) is 0 Å². The molecule has 0 atom stereocenters. The summed E-state index contributed by atoms with van der Waals surface area (Å²) in [4.78, 5) is 41.2. The standard InChI is InChI=1S/C26H29N3O5/c1-17-22(26(32)34-16-15-33-3)18(2)28-23(17)25(31)29-21-12-8-7-11-20(21)24(30)27-14-13-19-9-5-4-6-10-19/h4-12,28H,13-16H2,1-3H3,(H,27,30)(H,29,31). The van der Waals surface area contributed by atoms with Crippen molar-refractivity contribution in [3.05, 3.63) is 88.2 Å². The number of para-hydroxylation sites is 1. The first-order valence-electron chi connectivity index (χ1n) is 11.0. The maximum Gasteiger partial charge on any atom is 0.340 e.